The van der Waals surface area contributed by atoms with Gasteiger partial charge in [-0.05, 0) is 31.6 Å². The standard InChI is InChI=1S/C30H58O4/c1-4-6-7-8-9-10-11-12-13-14-15-16-17-18-19-22-26-33-29(31)23-20-21-24-30(32)34-27-25-28(3)5-2/h28H,4-27H2,1-3H3. The minimum Gasteiger partial charge on any atom is -0.466 e. The summed E-state index contributed by atoms with van der Waals surface area (Å²) in [5.41, 5.74) is 0. The molecule has 0 saturated carbocycles. The Balaban J connectivity index is 3.25. The van der Waals surface area contributed by atoms with Crippen molar-refractivity contribution in [2.75, 3.05) is 13.2 Å². The maximum atomic E-state index is 11.8. The second-order valence-electron chi connectivity index (χ2n) is 10.3. The van der Waals surface area contributed by atoms with Crippen LogP contribution in [-0.2, 0) is 19.1 Å². The molecule has 0 aromatic heterocycles. The molecule has 1 atom stereocenters. The quantitative estimate of drug-likeness (QED) is 0.0910. The number of hydrogen-bond donors (Lipinski definition) is 0. The molecule has 0 amide bonds. The Bertz CT molecular complexity index is 449. The summed E-state index contributed by atoms with van der Waals surface area (Å²) >= 11 is 0. The Morgan fingerprint density at radius 1 is 0.529 bits per heavy atom. The molecule has 0 fully saturated rings. The fourth-order valence-electron chi connectivity index (χ4n) is 4.10. The molecule has 0 spiro atoms. The van der Waals surface area contributed by atoms with Gasteiger partial charge in [0, 0.05) is 12.8 Å². The van der Waals surface area contributed by atoms with E-state index < -0.39 is 0 Å². The van der Waals surface area contributed by atoms with Gasteiger partial charge in [0.2, 0.25) is 0 Å². The summed E-state index contributed by atoms with van der Waals surface area (Å²) < 4.78 is 10.5. The van der Waals surface area contributed by atoms with Crippen LogP contribution in [0.15, 0.2) is 0 Å². The zero-order valence-corrected chi connectivity index (χ0v) is 23.2. The van der Waals surface area contributed by atoms with Gasteiger partial charge in [0.05, 0.1) is 13.2 Å². The van der Waals surface area contributed by atoms with Gasteiger partial charge >= 0.3 is 11.9 Å². The lowest BCUT2D eigenvalue weighted by molar-refractivity contribution is -0.146. The van der Waals surface area contributed by atoms with Gasteiger partial charge in [0.25, 0.3) is 0 Å². The van der Waals surface area contributed by atoms with Crippen LogP contribution in [-0.4, -0.2) is 25.2 Å². The van der Waals surface area contributed by atoms with Crippen LogP contribution in [0.1, 0.15) is 162 Å². The highest BCUT2D eigenvalue weighted by Crippen LogP contribution is 2.14. The van der Waals surface area contributed by atoms with Crippen molar-refractivity contribution < 1.29 is 19.1 Å². The second kappa shape index (κ2) is 26.5. The molecule has 0 saturated heterocycles. The minimum absolute atomic E-state index is 0.133. The van der Waals surface area contributed by atoms with Crippen molar-refractivity contribution in [2.45, 2.75) is 162 Å². The highest BCUT2D eigenvalue weighted by molar-refractivity contribution is 5.70. The first kappa shape index (κ1) is 32.9. The highest BCUT2D eigenvalue weighted by atomic mass is 16.5. The van der Waals surface area contributed by atoms with Gasteiger partial charge < -0.3 is 9.47 Å². The van der Waals surface area contributed by atoms with Crippen LogP contribution in [0.3, 0.4) is 0 Å². The molecule has 0 aromatic carbocycles. The normalized spacial score (nSPS) is 12.0. The van der Waals surface area contributed by atoms with E-state index in [4.69, 9.17) is 9.47 Å². The zero-order chi connectivity index (χ0) is 25.1. The van der Waals surface area contributed by atoms with Crippen molar-refractivity contribution in [3.8, 4) is 0 Å². The fourth-order valence-corrected chi connectivity index (χ4v) is 4.10. The van der Waals surface area contributed by atoms with Gasteiger partial charge in [-0.2, -0.15) is 0 Å². The molecule has 4 nitrogen and oxygen atoms in total. The molecule has 0 aliphatic heterocycles. The molecular weight excluding hydrogens is 424 g/mol. The Morgan fingerprint density at radius 2 is 0.912 bits per heavy atom. The molecule has 0 rings (SSSR count). The van der Waals surface area contributed by atoms with Gasteiger partial charge in [-0.3, -0.25) is 9.59 Å². The van der Waals surface area contributed by atoms with Crippen molar-refractivity contribution in [2.24, 2.45) is 5.92 Å². The van der Waals surface area contributed by atoms with E-state index in [0.29, 0.717) is 44.8 Å². The van der Waals surface area contributed by atoms with Crippen molar-refractivity contribution in [1.82, 2.24) is 0 Å². The Morgan fingerprint density at radius 3 is 1.32 bits per heavy atom. The van der Waals surface area contributed by atoms with Crippen LogP contribution in [0.5, 0.6) is 0 Å². The number of carbonyl (C=O) groups excluding carboxylic acids is 2. The average molecular weight is 483 g/mol. The maximum Gasteiger partial charge on any atom is 0.305 e. The van der Waals surface area contributed by atoms with Crippen LogP contribution >= 0.6 is 0 Å². The summed E-state index contributed by atoms with van der Waals surface area (Å²) in [6.45, 7) is 7.64. The topological polar surface area (TPSA) is 52.6 Å². The lowest BCUT2D eigenvalue weighted by Crippen LogP contribution is -2.09. The number of hydrogen-bond acceptors (Lipinski definition) is 4. The molecule has 0 aliphatic carbocycles. The monoisotopic (exact) mass is 482 g/mol. The Labute approximate surface area is 212 Å². The average Bonchev–Trinajstić information content (AvgIpc) is 2.83. The first-order valence-corrected chi connectivity index (χ1v) is 14.9. The van der Waals surface area contributed by atoms with Crippen LogP contribution in [0, 0.1) is 5.92 Å². The van der Waals surface area contributed by atoms with Gasteiger partial charge in [-0.25, -0.2) is 0 Å². The number of unbranched alkanes of at least 4 members (excludes halogenated alkanes) is 16. The summed E-state index contributed by atoms with van der Waals surface area (Å²) in [4.78, 5) is 23.5. The number of ether oxygens (including phenoxy) is 2. The summed E-state index contributed by atoms with van der Waals surface area (Å²) in [7, 11) is 0. The number of carbonyl (C=O) groups is 2. The molecule has 0 aromatic rings. The number of rotatable bonds is 26. The summed E-state index contributed by atoms with van der Waals surface area (Å²) in [6, 6.07) is 0. The van der Waals surface area contributed by atoms with Gasteiger partial charge in [0.1, 0.15) is 0 Å². The van der Waals surface area contributed by atoms with E-state index in [0.717, 1.165) is 25.7 Å². The van der Waals surface area contributed by atoms with Crippen molar-refractivity contribution in [3.63, 3.8) is 0 Å². The SMILES string of the molecule is CCCCCCCCCCCCCCCCCCOC(=O)CCCCC(=O)OCCC(C)CC. The van der Waals surface area contributed by atoms with Gasteiger partial charge in [-0.1, -0.05) is 124 Å². The third kappa shape index (κ3) is 25.6. The predicted molar refractivity (Wildman–Crippen MR) is 144 cm³/mol. The van der Waals surface area contributed by atoms with E-state index in [1.807, 2.05) is 0 Å². The van der Waals surface area contributed by atoms with Crippen LogP contribution < -0.4 is 0 Å². The Kier molecular flexibility index (Phi) is 25.7. The highest BCUT2D eigenvalue weighted by Gasteiger charge is 2.07. The van der Waals surface area contributed by atoms with E-state index in [9.17, 15) is 9.59 Å². The molecule has 34 heavy (non-hydrogen) atoms. The third-order valence-electron chi connectivity index (χ3n) is 6.84. The van der Waals surface area contributed by atoms with Gasteiger partial charge in [0.15, 0.2) is 0 Å². The second-order valence-corrected chi connectivity index (χ2v) is 10.3. The molecule has 202 valence electrons. The van der Waals surface area contributed by atoms with Crippen molar-refractivity contribution in [1.29, 1.82) is 0 Å². The van der Waals surface area contributed by atoms with E-state index in [2.05, 4.69) is 20.8 Å². The van der Waals surface area contributed by atoms with E-state index in [-0.39, 0.29) is 11.9 Å². The van der Waals surface area contributed by atoms with E-state index in [1.54, 1.807) is 0 Å². The third-order valence-corrected chi connectivity index (χ3v) is 6.84. The van der Waals surface area contributed by atoms with Crippen LogP contribution in [0.4, 0.5) is 0 Å². The molecule has 1 unspecified atom stereocenters. The molecule has 4 heteroatoms. The predicted octanol–water partition coefficient (Wildman–Crippen LogP) is 9.33. The van der Waals surface area contributed by atoms with E-state index >= 15 is 0 Å². The summed E-state index contributed by atoms with van der Waals surface area (Å²) in [6.07, 6.45) is 25.7. The first-order chi connectivity index (χ1) is 16.6. The largest absolute Gasteiger partial charge is 0.466 e. The minimum atomic E-state index is -0.148. The molecule has 0 radical (unpaired) electrons. The Hall–Kier alpha value is -1.06. The summed E-state index contributed by atoms with van der Waals surface area (Å²) in [5, 5.41) is 0. The lowest BCUT2D eigenvalue weighted by Gasteiger charge is -2.09. The van der Waals surface area contributed by atoms with Crippen LogP contribution in [0.2, 0.25) is 0 Å². The molecule has 0 heterocycles. The maximum absolute atomic E-state index is 11.8. The first-order valence-electron chi connectivity index (χ1n) is 14.9. The van der Waals surface area contributed by atoms with Crippen LogP contribution in [0.25, 0.3) is 0 Å². The van der Waals surface area contributed by atoms with Gasteiger partial charge in [-0.15, -0.1) is 0 Å². The van der Waals surface area contributed by atoms with Crippen molar-refractivity contribution >= 4 is 11.9 Å². The smallest absolute Gasteiger partial charge is 0.305 e. The molecule has 0 aliphatic rings. The number of esters is 2. The molecule has 0 bridgehead atoms. The lowest BCUT2D eigenvalue weighted by atomic mass is 10.0. The zero-order valence-electron chi connectivity index (χ0n) is 23.2. The van der Waals surface area contributed by atoms with E-state index in [1.165, 1.54) is 89.9 Å². The summed E-state index contributed by atoms with van der Waals surface area (Å²) in [5.74, 6) is 0.313. The molecule has 0 N–H and O–H groups in total. The van der Waals surface area contributed by atoms with Crippen molar-refractivity contribution in [3.05, 3.63) is 0 Å². The fraction of sp³-hybridized carbons (Fsp3) is 0.933. The molecular formula is C30H58O4.